The maximum Gasteiger partial charge on any atom is 0.222 e. The van der Waals surface area contributed by atoms with Crippen molar-refractivity contribution in [3.63, 3.8) is 0 Å². The molecule has 6 nitrogen and oxygen atoms in total. The number of aromatic nitrogens is 3. The first-order valence-electron chi connectivity index (χ1n) is 8.17. The molecular formula is C18H21N5O. The summed E-state index contributed by atoms with van der Waals surface area (Å²) in [6.45, 7) is 2.32. The van der Waals surface area contributed by atoms with E-state index in [0.717, 1.165) is 24.2 Å². The number of hydrogen-bond donors (Lipinski definition) is 2. The summed E-state index contributed by atoms with van der Waals surface area (Å²) in [5.41, 5.74) is 9.16. The van der Waals surface area contributed by atoms with E-state index in [-0.39, 0.29) is 17.7 Å². The van der Waals surface area contributed by atoms with Crippen LogP contribution in [0, 0.1) is 5.92 Å². The van der Waals surface area contributed by atoms with Crippen molar-refractivity contribution in [1.29, 1.82) is 0 Å². The van der Waals surface area contributed by atoms with Gasteiger partial charge >= 0.3 is 0 Å². The van der Waals surface area contributed by atoms with Crippen LogP contribution in [0.25, 0.3) is 10.9 Å². The minimum Gasteiger partial charge on any atom is -0.369 e. The van der Waals surface area contributed by atoms with Gasteiger partial charge in [-0.2, -0.15) is 5.10 Å². The van der Waals surface area contributed by atoms with Crippen molar-refractivity contribution in [2.75, 3.05) is 13.1 Å². The molecule has 0 aliphatic carbocycles. The number of benzene rings is 1. The summed E-state index contributed by atoms with van der Waals surface area (Å²) in [7, 11) is 1.89. The second kappa shape index (κ2) is 5.79. The van der Waals surface area contributed by atoms with Gasteiger partial charge in [0, 0.05) is 55.9 Å². The summed E-state index contributed by atoms with van der Waals surface area (Å²) in [6, 6.07) is 8.39. The van der Waals surface area contributed by atoms with E-state index in [1.807, 2.05) is 25.6 Å². The smallest absolute Gasteiger partial charge is 0.222 e. The van der Waals surface area contributed by atoms with Gasteiger partial charge in [0.2, 0.25) is 5.91 Å². The van der Waals surface area contributed by atoms with Crippen LogP contribution in [0.5, 0.6) is 0 Å². The molecule has 1 amide bonds. The van der Waals surface area contributed by atoms with E-state index >= 15 is 0 Å². The third-order valence-electron chi connectivity index (χ3n) is 4.99. The first-order chi connectivity index (χ1) is 11.6. The number of carbonyl (C=O) groups is 1. The van der Waals surface area contributed by atoms with Crippen LogP contribution in [0.4, 0.5) is 0 Å². The Hall–Kier alpha value is -2.60. The number of nitrogens with zero attached hydrogens (tertiary/aromatic N) is 3. The molecule has 1 aromatic carbocycles. The first-order valence-corrected chi connectivity index (χ1v) is 8.17. The average Bonchev–Trinajstić information content (AvgIpc) is 3.25. The van der Waals surface area contributed by atoms with Crippen molar-refractivity contribution in [3.05, 3.63) is 54.0 Å². The Morgan fingerprint density at radius 1 is 1.38 bits per heavy atom. The highest BCUT2D eigenvalue weighted by Crippen LogP contribution is 2.33. The third kappa shape index (κ3) is 2.59. The van der Waals surface area contributed by atoms with Gasteiger partial charge in [0.25, 0.3) is 0 Å². The maximum atomic E-state index is 11.9. The van der Waals surface area contributed by atoms with Crippen LogP contribution in [0.1, 0.15) is 17.0 Å². The molecule has 24 heavy (non-hydrogen) atoms. The molecule has 2 atom stereocenters. The molecule has 0 unspecified atom stereocenters. The normalized spacial score (nSPS) is 21.5. The number of nitrogens with two attached hydrogens (primary N) is 1. The lowest BCUT2D eigenvalue weighted by molar-refractivity contribution is -0.121. The van der Waals surface area contributed by atoms with Gasteiger partial charge in [-0.3, -0.25) is 14.4 Å². The van der Waals surface area contributed by atoms with E-state index < -0.39 is 0 Å². The predicted octanol–water partition coefficient (Wildman–Crippen LogP) is 1.60. The zero-order chi connectivity index (χ0) is 16.7. The fraction of sp³-hybridized carbons (Fsp3) is 0.333. The molecule has 2 aromatic heterocycles. The number of nitrogens with one attached hydrogen (secondary N) is 1. The van der Waals surface area contributed by atoms with Crippen molar-refractivity contribution >= 4 is 16.8 Å². The Kier molecular flexibility index (Phi) is 3.61. The molecule has 0 radical (unpaired) electrons. The lowest BCUT2D eigenvalue weighted by atomic mass is 9.90. The molecule has 1 saturated heterocycles. The minimum atomic E-state index is -0.230. The number of hydrogen-bond acceptors (Lipinski definition) is 3. The van der Waals surface area contributed by atoms with Crippen LogP contribution in [0.3, 0.4) is 0 Å². The number of rotatable bonds is 4. The van der Waals surface area contributed by atoms with E-state index in [1.165, 1.54) is 10.9 Å². The summed E-state index contributed by atoms with van der Waals surface area (Å²) in [6.07, 6.45) is 5.79. The number of aryl methyl sites for hydroxylation is 1. The zero-order valence-corrected chi connectivity index (χ0v) is 13.6. The van der Waals surface area contributed by atoms with Gasteiger partial charge in [-0.15, -0.1) is 0 Å². The van der Waals surface area contributed by atoms with Gasteiger partial charge in [0.1, 0.15) is 0 Å². The van der Waals surface area contributed by atoms with Crippen molar-refractivity contribution in [3.8, 4) is 0 Å². The third-order valence-corrected chi connectivity index (χ3v) is 4.99. The average molecular weight is 323 g/mol. The Balaban J connectivity index is 1.59. The number of fused-ring (bicyclic) bond motifs is 1. The summed E-state index contributed by atoms with van der Waals surface area (Å²) in [4.78, 5) is 17.5. The lowest BCUT2D eigenvalue weighted by Gasteiger charge is -2.16. The molecule has 3 N–H and O–H groups in total. The van der Waals surface area contributed by atoms with E-state index in [4.69, 9.17) is 5.73 Å². The number of H-pyrrole nitrogens is 1. The molecule has 1 aliphatic rings. The molecule has 124 valence electrons. The van der Waals surface area contributed by atoms with Crippen molar-refractivity contribution < 1.29 is 4.79 Å². The van der Waals surface area contributed by atoms with Gasteiger partial charge in [-0.05, 0) is 23.3 Å². The Morgan fingerprint density at radius 3 is 3.00 bits per heavy atom. The first kappa shape index (κ1) is 15.0. The topological polar surface area (TPSA) is 79.9 Å². The lowest BCUT2D eigenvalue weighted by Crippen LogP contribution is -2.29. The summed E-state index contributed by atoms with van der Waals surface area (Å²) in [5.74, 6) is -0.285. The summed E-state index contributed by atoms with van der Waals surface area (Å²) in [5, 5.41) is 5.47. The summed E-state index contributed by atoms with van der Waals surface area (Å²) >= 11 is 0. The molecule has 3 heterocycles. The molecule has 6 heteroatoms. The van der Waals surface area contributed by atoms with E-state index in [1.54, 1.807) is 4.68 Å². The number of carbonyl (C=O) groups excluding carboxylic acids is 1. The van der Waals surface area contributed by atoms with E-state index in [9.17, 15) is 4.79 Å². The highest BCUT2D eigenvalue weighted by Gasteiger charge is 2.38. The van der Waals surface area contributed by atoms with Gasteiger partial charge in [0.15, 0.2) is 0 Å². The van der Waals surface area contributed by atoms with Crippen LogP contribution in [0.2, 0.25) is 0 Å². The molecule has 4 rings (SSSR count). The second-order valence-corrected chi connectivity index (χ2v) is 6.61. The summed E-state index contributed by atoms with van der Waals surface area (Å²) < 4.78 is 1.77. The number of primary amides is 1. The van der Waals surface area contributed by atoms with Crippen LogP contribution in [-0.4, -0.2) is 38.7 Å². The van der Waals surface area contributed by atoms with Gasteiger partial charge in [-0.25, -0.2) is 0 Å². The van der Waals surface area contributed by atoms with E-state index in [0.29, 0.717) is 6.54 Å². The Morgan fingerprint density at radius 2 is 2.25 bits per heavy atom. The highest BCUT2D eigenvalue weighted by atomic mass is 16.1. The largest absolute Gasteiger partial charge is 0.369 e. The Labute approximate surface area is 140 Å². The van der Waals surface area contributed by atoms with Crippen LogP contribution in [0.15, 0.2) is 42.9 Å². The number of aromatic amines is 1. The monoisotopic (exact) mass is 323 g/mol. The SMILES string of the molecule is Cn1cc([C@H]2CN(Cc3cccc4[nH]ccc34)C[C@@H]2C(N)=O)cn1. The van der Waals surface area contributed by atoms with Crippen LogP contribution < -0.4 is 5.73 Å². The molecule has 0 bridgehead atoms. The van der Waals surface area contributed by atoms with Crippen molar-refractivity contribution in [2.24, 2.45) is 18.7 Å². The number of likely N-dealkylation sites (tertiary alicyclic amines) is 1. The van der Waals surface area contributed by atoms with Crippen LogP contribution in [-0.2, 0) is 18.4 Å². The molecular weight excluding hydrogens is 302 g/mol. The fourth-order valence-electron chi connectivity index (χ4n) is 3.80. The predicted molar refractivity (Wildman–Crippen MR) is 92.2 cm³/mol. The quantitative estimate of drug-likeness (QED) is 0.765. The molecule has 0 saturated carbocycles. The van der Waals surface area contributed by atoms with E-state index in [2.05, 4.69) is 39.2 Å². The standard InChI is InChI=1S/C18H21N5O/c1-22-8-13(7-21-22)15-10-23(11-16(15)18(19)24)9-12-3-2-4-17-14(12)5-6-20-17/h2-8,15-16,20H,9-11H2,1H3,(H2,19,24)/t15-,16+/m1/s1. The van der Waals surface area contributed by atoms with Crippen molar-refractivity contribution in [1.82, 2.24) is 19.7 Å². The Bertz CT molecular complexity index is 880. The molecule has 0 spiro atoms. The fourth-order valence-corrected chi connectivity index (χ4v) is 3.80. The highest BCUT2D eigenvalue weighted by molar-refractivity contribution is 5.83. The molecule has 1 fully saturated rings. The zero-order valence-electron chi connectivity index (χ0n) is 13.6. The number of amides is 1. The maximum absolute atomic E-state index is 11.9. The van der Waals surface area contributed by atoms with Gasteiger partial charge < -0.3 is 10.7 Å². The minimum absolute atomic E-state index is 0.113. The van der Waals surface area contributed by atoms with Gasteiger partial charge in [0.05, 0.1) is 12.1 Å². The molecule has 3 aromatic rings. The second-order valence-electron chi connectivity index (χ2n) is 6.61. The molecule has 1 aliphatic heterocycles. The van der Waals surface area contributed by atoms with Crippen molar-refractivity contribution in [2.45, 2.75) is 12.5 Å². The van der Waals surface area contributed by atoms with Crippen LogP contribution >= 0.6 is 0 Å². The van der Waals surface area contributed by atoms with Gasteiger partial charge in [-0.1, -0.05) is 12.1 Å².